The van der Waals surface area contributed by atoms with Crippen LogP contribution in [-0.2, 0) is 4.74 Å². The Hall–Kier alpha value is -2.09. The van der Waals surface area contributed by atoms with Crippen molar-refractivity contribution in [3.8, 4) is 5.75 Å². The molecule has 7 nitrogen and oxygen atoms in total. The number of aromatic nitrogens is 2. The van der Waals surface area contributed by atoms with Gasteiger partial charge in [-0.2, -0.15) is 4.98 Å². The second kappa shape index (κ2) is 10.1. The average molecular weight is 418 g/mol. The molecule has 2 N–H and O–H groups in total. The zero-order valence-electron chi connectivity index (χ0n) is 16.6. The fourth-order valence-corrected chi connectivity index (χ4v) is 3.79. The third-order valence-electron chi connectivity index (χ3n) is 5.25. The van der Waals surface area contributed by atoms with Crippen LogP contribution in [0.3, 0.4) is 0 Å². The SMILES string of the molecule is Clc1cnc(Nc2ccc(OCCN3CCCC3)cc2)nc1NC[C@H]1CCCO1. The van der Waals surface area contributed by atoms with Gasteiger partial charge in [0.1, 0.15) is 17.4 Å². The van der Waals surface area contributed by atoms with E-state index in [9.17, 15) is 0 Å². The molecule has 0 amide bonds. The zero-order chi connectivity index (χ0) is 19.9. The second-order valence-corrected chi connectivity index (χ2v) is 7.86. The minimum absolute atomic E-state index is 0.218. The van der Waals surface area contributed by atoms with Gasteiger partial charge in [-0.15, -0.1) is 0 Å². The lowest BCUT2D eigenvalue weighted by Gasteiger charge is -2.15. The molecule has 29 heavy (non-hydrogen) atoms. The van der Waals surface area contributed by atoms with E-state index in [2.05, 4.69) is 25.5 Å². The van der Waals surface area contributed by atoms with Crippen LogP contribution in [0.1, 0.15) is 25.7 Å². The summed E-state index contributed by atoms with van der Waals surface area (Å²) in [7, 11) is 0. The molecule has 0 aliphatic carbocycles. The summed E-state index contributed by atoms with van der Waals surface area (Å²) in [5, 5.41) is 6.97. The van der Waals surface area contributed by atoms with Crippen LogP contribution in [-0.4, -0.2) is 60.4 Å². The number of benzene rings is 1. The van der Waals surface area contributed by atoms with E-state index in [1.165, 1.54) is 25.9 Å². The zero-order valence-corrected chi connectivity index (χ0v) is 17.3. The Balaban J connectivity index is 1.28. The number of likely N-dealkylation sites (tertiary alicyclic amines) is 1. The molecule has 0 bridgehead atoms. The number of hydrogen-bond acceptors (Lipinski definition) is 7. The highest BCUT2D eigenvalue weighted by molar-refractivity contribution is 6.32. The van der Waals surface area contributed by atoms with Gasteiger partial charge in [-0.3, -0.25) is 4.90 Å². The number of halogens is 1. The number of nitrogens with zero attached hydrogens (tertiary/aromatic N) is 3. The number of hydrogen-bond donors (Lipinski definition) is 2. The van der Waals surface area contributed by atoms with Gasteiger partial charge in [0, 0.05) is 25.4 Å². The molecule has 8 heteroatoms. The highest BCUT2D eigenvalue weighted by atomic mass is 35.5. The molecule has 0 unspecified atom stereocenters. The first kappa shape index (κ1) is 20.2. The molecule has 0 saturated carbocycles. The highest BCUT2D eigenvalue weighted by Gasteiger charge is 2.16. The van der Waals surface area contributed by atoms with Crippen molar-refractivity contribution in [2.24, 2.45) is 0 Å². The van der Waals surface area contributed by atoms with Crippen molar-refractivity contribution < 1.29 is 9.47 Å². The van der Waals surface area contributed by atoms with Crippen LogP contribution in [0.5, 0.6) is 5.75 Å². The number of nitrogens with one attached hydrogen (secondary N) is 2. The first-order chi connectivity index (χ1) is 14.3. The normalized spacial score (nSPS) is 19.4. The molecule has 3 heterocycles. The lowest BCUT2D eigenvalue weighted by atomic mass is 10.2. The Morgan fingerprint density at radius 3 is 2.76 bits per heavy atom. The van der Waals surface area contributed by atoms with Crippen molar-refractivity contribution in [3.05, 3.63) is 35.5 Å². The first-order valence-electron chi connectivity index (χ1n) is 10.4. The molecule has 2 fully saturated rings. The van der Waals surface area contributed by atoms with Gasteiger partial charge in [0.25, 0.3) is 0 Å². The number of rotatable bonds is 9. The fraction of sp³-hybridized carbons (Fsp3) is 0.524. The molecule has 0 spiro atoms. The molecular formula is C21H28ClN5O2. The van der Waals surface area contributed by atoms with Gasteiger partial charge in [0.05, 0.1) is 12.3 Å². The molecular weight excluding hydrogens is 390 g/mol. The van der Waals surface area contributed by atoms with Crippen LogP contribution < -0.4 is 15.4 Å². The predicted octanol–water partition coefficient (Wildman–Crippen LogP) is 3.94. The lowest BCUT2D eigenvalue weighted by molar-refractivity contribution is 0.120. The van der Waals surface area contributed by atoms with Gasteiger partial charge >= 0.3 is 0 Å². The smallest absolute Gasteiger partial charge is 0.229 e. The average Bonchev–Trinajstić information content (AvgIpc) is 3.44. The lowest BCUT2D eigenvalue weighted by Crippen LogP contribution is -2.25. The van der Waals surface area contributed by atoms with Gasteiger partial charge in [0.15, 0.2) is 5.82 Å². The summed E-state index contributed by atoms with van der Waals surface area (Å²) in [6.07, 6.45) is 6.60. The Kier molecular flexibility index (Phi) is 7.03. The summed E-state index contributed by atoms with van der Waals surface area (Å²) in [6.45, 7) is 5.61. The molecule has 1 atom stereocenters. The third kappa shape index (κ3) is 5.95. The van der Waals surface area contributed by atoms with Crippen LogP contribution in [0, 0.1) is 0 Å². The molecule has 2 saturated heterocycles. The summed E-state index contributed by atoms with van der Waals surface area (Å²) >= 11 is 6.22. The Morgan fingerprint density at radius 1 is 1.17 bits per heavy atom. The number of anilines is 3. The molecule has 1 aromatic heterocycles. The van der Waals surface area contributed by atoms with Gasteiger partial charge in [0.2, 0.25) is 5.95 Å². The van der Waals surface area contributed by atoms with Crippen molar-refractivity contribution in [2.45, 2.75) is 31.8 Å². The standard InChI is InChI=1S/C21H28ClN5O2/c22-19-15-24-21(26-20(19)23-14-18-4-3-12-28-18)25-16-5-7-17(8-6-16)29-13-11-27-9-1-2-10-27/h5-8,15,18H,1-4,9-14H2,(H2,23,24,25,26)/t18-/m1/s1. The third-order valence-corrected chi connectivity index (χ3v) is 5.53. The van der Waals surface area contributed by atoms with E-state index in [0.29, 0.717) is 29.9 Å². The van der Waals surface area contributed by atoms with Crippen LogP contribution in [0.25, 0.3) is 0 Å². The van der Waals surface area contributed by atoms with Crippen LogP contribution in [0.2, 0.25) is 5.02 Å². The van der Waals surface area contributed by atoms with Crippen LogP contribution in [0.4, 0.5) is 17.5 Å². The maximum absolute atomic E-state index is 6.22. The van der Waals surface area contributed by atoms with Gasteiger partial charge in [-0.05, 0) is 63.0 Å². The molecule has 1 aromatic carbocycles. The van der Waals surface area contributed by atoms with E-state index >= 15 is 0 Å². The summed E-state index contributed by atoms with van der Waals surface area (Å²) in [5.74, 6) is 1.97. The van der Waals surface area contributed by atoms with Crippen molar-refractivity contribution in [1.82, 2.24) is 14.9 Å². The quantitative estimate of drug-likeness (QED) is 0.640. The maximum Gasteiger partial charge on any atom is 0.229 e. The monoisotopic (exact) mass is 417 g/mol. The summed E-state index contributed by atoms with van der Waals surface area (Å²) in [5.41, 5.74) is 0.893. The van der Waals surface area contributed by atoms with E-state index in [1.54, 1.807) is 6.20 Å². The molecule has 2 aromatic rings. The van der Waals surface area contributed by atoms with Crippen molar-refractivity contribution in [2.75, 3.05) is 50.0 Å². The van der Waals surface area contributed by atoms with E-state index < -0.39 is 0 Å². The topological polar surface area (TPSA) is 71.5 Å². The van der Waals surface area contributed by atoms with Crippen LogP contribution in [0.15, 0.2) is 30.5 Å². The van der Waals surface area contributed by atoms with E-state index in [1.807, 2.05) is 24.3 Å². The van der Waals surface area contributed by atoms with E-state index in [0.717, 1.165) is 37.4 Å². The Labute approximate surface area is 176 Å². The minimum atomic E-state index is 0.218. The van der Waals surface area contributed by atoms with Crippen molar-refractivity contribution in [1.29, 1.82) is 0 Å². The Morgan fingerprint density at radius 2 is 2.00 bits per heavy atom. The van der Waals surface area contributed by atoms with E-state index in [4.69, 9.17) is 21.1 Å². The predicted molar refractivity (Wildman–Crippen MR) is 115 cm³/mol. The van der Waals surface area contributed by atoms with Crippen molar-refractivity contribution in [3.63, 3.8) is 0 Å². The Bertz CT molecular complexity index is 777. The summed E-state index contributed by atoms with van der Waals surface area (Å²) in [6, 6.07) is 7.84. The largest absolute Gasteiger partial charge is 0.492 e. The van der Waals surface area contributed by atoms with Crippen molar-refractivity contribution >= 4 is 29.1 Å². The molecule has 156 valence electrons. The van der Waals surface area contributed by atoms with E-state index in [-0.39, 0.29) is 6.10 Å². The summed E-state index contributed by atoms with van der Waals surface area (Å²) in [4.78, 5) is 11.2. The molecule has 0 radical (unpaired) electrons. The summed E-state index contributed by atoms with van der Waals surface area (Å²) < 4.78 is 11.5. The fourth-order valence-electron chi connectivity index (χ4n) is 3.63. The highest BCUT2D eigenvalue weighted by Crippen LogP contribution is 2.23. The molecule has 2 aliphatic rings. The number of ether oxygens (including phenoxy) is 2. The molecule has 2 aliphatic heterocycles. The van der Waals surface area contributed by atoms with Gasteiger partial charge in [-0.25, -0.2) is 4.98 Å². The second-order valence-electron chi connectivity index (χ2n) is 7.45. The van der Waals surface area contributed by atoms with Crippen LogP contribution >= 0.6 is 11.6 Å². The van der Waals surface area contributed by atoms with Gasteiger partial charge < -0.3 is 20.1 Å². The first-order valence-corrected chi connectivity index (χ1v) is 10.7. The molecule has 4 rings (SSSR count). The van der Waals surface area contributed by atoms with Gasteiger partial charge in [-0.1, -0.05) is 11.6 Å². The maximum atomic E-state index is 6.22. The minimum Gasteiger partial charge on any atom is -0.492 e.